The van der Waals surface area contributed by atoms with Crippen LogP contribution in [0.15, 0.2) is 11.2 Å². The second-order valence-corrected chi connectivity index (χ2v) is 6.16. The number of H-pyrrole nitrogens is 1. The molecule has 8 heteroatoms. The maximum atomic E-state index is 11.9. The van der Waals surface area contributed by atoms with Crippen molar-refractivity contribution in [2.24, 2.45) is 5.92 Å². The highest BCUT2D eigenvalue weighted by atomic mass is 32.2. The van der Waals surface area contributed by atoms with E-state index in [-0.39, 0.29) is 17.4 Å². The van der Waals surface area contributed by atoms with E-state index in [0.29, 0.717) is 5.82 Å². The van der Waals surface area contributed by atoms with E-state index in [1.807, 2.05) is 13.8 Å². The van der Waals surface area contributed by atoms with E-state index in [0.717, 1.165) is 6.20 Å². The zero-order chi connectivity index (χ0) is 13.9. The molecule has 1 heterocycles. The Kier molecular flexibility index (Phi) is 4.47. The van der Waals surface area contributed by atoms with Gasteiger partial charge in [0.1, 0.15) is 11.9 Å². The Bertz CT molecular complexity index is 521. The lowest BCUT2D eigenvalue weighted by Gasteiger charge is -2.15. The number of sulfonamides is 1. The van der Waals surface area contributed by atoms with Crippen LogP contribution in [-0.4, -0.2) is 35.5 Å². The first-order valence-electron chi connectivity index (χ1n) is 5.49. The van der Waals surface area contributed by atoms with Gasteiger partial charge in [0, 0.05) is 0 Å². The number of imidazole rings is 1. The molecule has 0 aromatic carbocycles. The molecule has 0 aliphatic heterocycles. The first kappa shape index (κ1) is 14.7. The summed E-state index contributed by atoms with van der Waals surface area (Å²) in [7, 11) is -3.88. The fourth-order valence-corrected chi connectivity index (χ4v) is 2.63. The first-order chi connectivity index (χ1) is 8.22. The number of carbonyl (C=O) groups is 1. The van der Waals surface area contributed by atoms with Crippen molar-refractivity contribution in [1.29, 1.82) is 0 Å². The van der Waals surface area contributed by atoms with Crippen molar-refractivity contribution in [3.63, 3.8) is 0 Å². The zero-order valence-corrected chi connectivity index (χ0v) is 11.3. The molecular weight excluding hydrogens is 258 g/mol. The predicted octanol–water partition coefficient (Wildman–Crippen LogP) is 0.496. The van der Waals surface area contributed by atoms with Crippen molar-refractivity contribution < 1.29 is 18.3 Å². The minimum Gasteiger partial charge on any atom is -0.480 e. The molecule has 0 spiro atoms. The van der Waals surface area contributed by atoms with Gasteiger partial charge >= 0.3 is 5.97 Å². The van der Waals surface area contributed by atoms with Crippen LogP contribution in [0.4, 0.5) is 0 Å². The van der Waals surface area contributed by atoms with Gasteiger partial charge < -0.3 is 10.1 Å². The Morgan fingerprint density at radius 2 is 2.17 bits per heavy atom. The molecule has 0 aliphatic carbocycles. The van der Waals surface area contributed by atoms with Crippen molar-refractivity contribution >= 4 is 16.0 Å². The number of hydrogen-bond donors (Lipinski definition) is 3. The van der Waals surface area contributed by atoms with Crippen LogP contribution in [0, 0.1) is 12.8 Å². The molecule has 3 N–H and O–H groups in total. The molecule has 0 fully saturated rings. The van der Waals surface area contributed by atoms with Crippen LogP contribution >= 0.6 is 0 Å². The summed E-state index contributed by atoms with van der Waals surface area (Å²) in [6, 6.07) is -1.14. The standard InChI is InChI=1S/C10H17N3O4S/c1-6(2)4-8(10(14)15)13-18(16,17)9-5-11-7(3)12-9/h5-6,8,13H,4H2,1-3H3,(H,11,12)(H,14,15)/t8-/m0/s1. The number of nitrogens with zero attached hydrogens (tertiary/aromatic N) is 1. The number of aromatic nitrogens is 2. The SMILES string of the molecule is Cc1ncc(S(=O)(=O)N[C@@H](CC(C)C)C(=O)O)[nH]1. The normalized spacial score (nSPS) is 13.8. The number of carboxylic acid groups (broad SMARTS) is 1. The molecule has 0 bridgehead atoms. The zero-order valence-electron chi connectivity index (χ0n) is 10.5. The summed E-state index contributed by atoms with van der Waals surface area (Å²) in [5.41, 5.74) is 0. The van der Waals surface area contributed by atoms with Gasteiger partial charge in [-0.1, -0.05) is 13.8 Å². The molecule has 0 saturated heterocycles. The summed E-state index contributed by atoms with van der Waals surface area (Å²) >= 11 is 0. The number of aliphatic carboxylic acids is 1. The van der Waals surface area contributed by atoms with E-state index in [1.165, 1.54) is 0 Å². The Balaban J connectivity index is 2.89. The highest BCUT2D eigenvalue weighted by molar-refractivity contribution is 7.89. The van der Waals surface area contributed by atoms with Crippen LogP contribution in [0.2, 0.25) is 0 Å². The third-order valence-corrected chi connectivity index (χ3v) is 3.65. The average Bonchev–Trinajstić information content (AvgIpc) is 2.63. The van der Waals surface area contributed by atoms with E-state index >= 15 is 0 Å². The molecule has 1 aromatic heterocycles. The molecule has 0 unspecified atom stereocenters. The summed E-state index contributed by atoms with van der Waals surface area (Å²) < 4.78 is 25.9. The number of aromatic amines is 1. The highest BCUT2D eigenvalue weighted by Gasteiger charge is 2.27. The van der Waals surface area contributed by atoms with Gasteiger partial charge in [-0.25, -0.2) is 13.4 Å². The lowest BCUT2D eigenvalue weighted by atomic mass is 10.1. The molecule has 0 radical (unpaired) electrons. The molecule has 1 atom stereocenters. The van der Waals surface area contributed by atoms with Crippen LogP contribution in [0.1, 0.15) is 26.1 Å². The van der Waals surface area contributed by atoms with Crippen LogP contribution < -0.4 is 4.72 Å². The van der Waals surface area contributed by atoms with Crippen molar-refractivity contribution in [2.45, 2.75) is 38.3 Å². The molecule has 0 amide bonds. The Hall–Kier alpha value is -1.41. The summed E-state index contributed by atoms with van der Waals surface area (Å²) in [6.07, 6.45) is 1.38. The van der Waals surface area contributed by atoms with Gasteiger partial charge in [0.15, 0.2) is 5.03 Å². The summed E-state index contributed by atoms with van der Waals surface area (Å²) in [6.45, 7) is 5.26. The van der Waals surface area contributed by atoms with Crippen molar-refractivity contribution in [2.75, 3.05) is 0 Å². The van der Waals surface area contributed by atoms with E-state index in [1.54, 1.807) is 6.92 Å². The van der Waals surface area contributed by atoms with Gasteiger partial charge in [-0.3, -0.25) is 4.79 Å². The number of carboxylic acids is 1. The maximum Gasteiger partial charge on any atom is 0.321 e. The van der Waals surface area contributed by atoms with Gasteiger partial charge in [0.05, 0.1) is 6.20 Å². The predicted molar refractivity (Wildman–Crippen MR) is 64.5 cm³/mol. The maximum absolute atomic E-state index is 11.9. The van der Waals surface area contributed by atoms with Gasteiger partial charge in [0.2, 0.25) is 0 Å². The third-order valence-electron chi connectivity index (χ3n) is 2.27. The lowest BCUT2D eigenvalue weighted by molar-refractivity contribution is -0.139. The first-order valence-corrected chi connectivity index (χ1v) is 6.97. The van der Waals surface area contributed by atoms with Crippen LogP contribution in [0.3, 0.4) is 0 Å². The van der Waals surface area contributed by atoms with Gasteiger partial charge in [0.25, 0.3) is 10.0 Å². The summed E-state index contributed by atoms with van der Waals surface area (Å²) in [4.78, 5) is 17.3. The molecule has 0 aliphatic rings. The summed E-state index contributed by atoms with van der Waals surface area (Å²) in [5, 5.41) is 8.86. The Morgan fingerprint density at radius 3 is 2.56 bits per heavy atom. The van der Waals surface area contributed by atoms with Gasteiger partial charge in [-0.2, -0.15) is 4.72 Å². The van der Waals surface area contributed by atoms with Crippen LogP contribution in [0.25, 0.3) is 0 Å². The second kappa shape index (κ2) is 5.49. The van der Waals surface area contributed by atoms with Gasteiger partial charge in [-0.15, -0.1) is 0 Å². The minimum absolute atomic E-state index is 0.0669. The molecule has 18 heavy (non-hydrogen) atoms. The Morgan fingerprint density at radius 1 is 1.56 bits per heavy atom. The summed E-state index contributed by atoms with van der Waals surface area (Å²) in [5.74, 6) is -0.674. The van der Waals surface area contributed by atoms with E-state index in [2.05, 4.69) is 14.7 Å². The molecule has 7 nitrogen and oxygen atoms in total. The van der Waals surface area contributed by atoms with E-state index in [9.17, 15) is 13.2 Å². The topological polar surface area (TPSA) is 112 Å². The number of nitrogens with one attached hydrogen (secondary N) is 2. The van der Waals surface area contributed by atoms with Crippen LogP contribution in [-0.2, 0) is 14.8 Å². The largest absolute Gasteiger partial charge is 0.480 e. The van der Waals surface area contributed by atoms with Crippen molar-refractivity contribution in [3.8, 4) is 0 Å². The molecule has 1 rings (SSSR count). The highest BCUT2D eigenvalue weighted by Crippen LogP contribution is 2.10. The van der Waals surface area contributed by atoms with Crippen molar-refractivity contribution in [3.05, 3.63) is 12.0 Å². The van der Waals surface area contributed by atoms with Gasteiger partial charge in [-0.05, 0) is 19.3 Å². The number of rotatable bonds is 6. The molecular formula is C10H17N3O4S. The number of hydrogen-bond acceptors (Lipinski definition) is 4. The van der Waals surface area contributed by atoms with E-state index in [4.69, 9.17) is 5.11 Å². The molecule has 0 saturated carbocycles. The molecule has 1 aromatic rings. The smallest absolute Gasteiger partial charge is 0.321 e. The fraction of sp³-hybridized carbons (Fsp3) is 0.600. The fourth-order valence-electron chi connectivity index (χ4n) is 1.46. The number of aryl methyl sites for hydroxylation is 1. The lowest BCUT2D eigenvalue weighted by Crippen LogP contribution is -2.41. The quantitative estimate of drug-likeness (QED) is 0.699. The van der Waals surface area contributed by atoms with Crippen LogP contribution in [0.5, 0.6) is 0 Å². The second-order valence-electron chi connectivity index (χ2n) is 4.47. The minimum atomic E-state index is -3.88. The average molecular weight is 275 g/mol. The third kappa shape index (κ3) is 3.81. The monoisotopic (exact) mass is 275 g/mol. The van der Waals surface area contributed by atoms with E-state index < -0.39 is 22.0 Å². The van der Waals surface area contributed by atoms with Crippen molar-refractivity contribution in [1.82, 2.24) is 14.7 Å². The molecule has 102 valence electrons. The Labute approximate surface area is 106 Å².